The highest BCUT2D eigenvalue weighted by Gasteiger charge is 2.08. The van der Waals surface area contributed by atoms with Gasteiger partial charge in [0.15, 0.2) is 0 Å². The topological polar surface area (TPSA) is 35.2 Å². The van der Waals surface area contributed by atoms with Crippen molar-refractivity contribution in [3.63, 3.8) is 0 Å². The van der Waals surface area contributed by atoms with Crippen LogP contribution in [0.3, 0.4) is 0 Å². The van der Waals surface area contributed by atoms with Gasteiger partial charge in [0.1, 0.15) is 5.75 Å². The average Bonchev–Trinajstić information content (AvgIpc) is 2.50. The smallest absolute Gasteiger partial charge is 0.122 e. The second-order valence-electron chi connectivity index (χ2n) is 5.15. The van der Waals surface area contributed by atoms with Crippen LogP contribution >= 0.6 is 11.8 Å². The van der Waals surface area contributed by atoms with E-state index in [-0.39, 0.29) is 0 Å². The number of hydrogen-bond acceptors (Lipinski definition) is 3. The lowest BCUT2D eigenvalue weighted by molar-refractivity contribution is 0.409. The Labute approximate surface area is 131 Å². The summed E-state index contributed by atoms with van der Waals surface area (Å²) in [5.41, 5.74) is 9.39. The number of methoxy groups -OCH3 is 1. The summed E-state index contributed by atoms with van der Waals surface area (Å²) in [7, 11) is 1.73. The van der Waals surface area contributed by atoms with Crippen molar-refractivity contribution >= 4 is 17.4 Å². The molecule has 0 aliphatic rings. The molecule has 0 aliphatic carbocycles. The van der Waals surface area contributed by atoms with Crippen LogP contribution in [-0.2, 0) is 12.8 Å². The fourth-order valence-corrected chi connectivity index (χ4v) is 3.41. The summed E-state index contributed by atoms with van der Waals surface area (Å²) < 4.78 is 5.41. The Morgan fingerprint density at radius 3 is 2.43 bits per heavy atom. The van der Waals surface area contributed by atoms with Crippen molar-refractivity contribution in [1.82, 2.24) is 0 Å². The molecular weight excluding hydrogens is 278 g/mol. The highest BCUT2D eigenvalue weighted by Crippen LogP contribution is 2.24. The molecule has 2 aromatic rings. The van der Waals surface area contributed by atoms with E-state index < -0.39 is 0 Å². The Balaban J connectivity index is 1.82. The maximum atomic E-state index is 5.97. The molecular formula is C18H23NOS. The molecule has 0 spiro atoms. The molecule has 0 aromatic heterocycles. The van der Waals surface area contributed by atoms with Gasteiger partial charge in [-0.25, -0.2) is 0 Å². The highest BCUT2D eigenvalue weighted by molar-refractivity contribution is 7.99. The average molecular weight is 301 g/mol. The lowest BCUT2D eigenvalue weighted by Gasteiger charge is -2.14. The summed E-state index contributed by atoms with van der Waals surface area (Å²) in [6, 6.07) is 16.4. The quantitative estimate of drug-likeness (QED) is 0.779. The number of thioether (sulfide) groups is 1. The summed E-state index contributed by atoms with van der Waals surface area (Å²) in [4.78, 5) is 0. The normalized spacial score (nSPS) is 12.1. The van der Waals surface area contributed by atoms with Crippen molar-refractivity contribution < 1.29 is 4.74 Å². The number of rotatable bonds is 7. The highest BCUT2D eigenvalue weighted by atomic mass is 32.2. The summed E-state index contributed by atoms with van der Waals surface area (Å²) in [6.45, 7) is 2.27. The van der Waals surface area contributed by atoms with Gasteiger partial charge in [0.25, 0.3) is 0 Å². The van der Waals surface area contributed by atoms with E-state index in [9.17, 15) is 0 Å². The third kappa shape index (κ3) is 4.71. The third-order valence-corrected chi connectivity index (χ3v) is 4.70. The van der Waals surface area contributed by atoms with E-state index in [4.69, 9.17) is 10.5 Å². The van der Waals surface area contributed by atoms with Crippen LogP contribution in [0.5, 0.6) is 5.75 Å². The molecule has 2 N–H and O–H groups in total. The molecule has 0 amide bonds. The van der Waals surface area contributed by atoms with Crippen molar-refractivity contribution in [2.45, 2.75) is 25.0 Å². The minimum atomic E-state index is 0.561. The monoisotopic (exact) mass is 301 g/mol. The van der Waals surface area contributed by atoms with Gasteiger partial charge in [-0.05, 0) is 41.9 Å². The molecule has 0 bridgehead atoms. The molecule has 21 heavy (non-hydrogen) atoms. The van der Waals surface area contributed by atoms with E-state index in [0.717, 1.165) is 30.0 Å². The van der Waals surface area contributed by atoms with Crippen molar-refractivity contribution in [3.8, 4) is 5.75 Å². The SMILES string of the molecule is COc1ccccc1CC(C)SCCc1ccccc1N. The summed E-state index contributed by atoms with van der Waals surface area (Å²) in [5, 5.41) is 0.561. The first-order valence-electron chi connectivity index (χ1n) is 7.27. The van der Waals surface area contributed by atoms with E-state index in [1.807, 2.05) is 36.0 Å². The molecule has 2 aromatic carbocycles. The Morgan fingerprint density at radius 2 is 1.71 bits per heavy atom. The zero-order chi connectivity index (χ0) is 15.1. The lowest BCUT2D eigenvalue weighted by Crippen LogP contribution is -2.05. The van der Waals surface area contributed by atoms with Gasteiger partial charge >= 0.3 is 0 Å². The van der Waals surface area contributed by atoms with Crippen molar-refractivity contribution in [3.05, 3.63) is 59.7 Å². The van der Waals surface area contributed by atoms with Crippen molar-refractivity contribution in [2.75, 3.05) is 18.6 Å². The Morgan fingerprint density at radius 1 is 1.05 bits per heavy atom. The second kappa shape index (κ2) is 7.99. The largest absolute Gasteiger partial charge is 0.496 e. The molecule has 0 radical (unpaired) electrons. The summed E-state index contributed by atoms with van der Waals surface area (Å²) >= 11 is 1.98. The number of benzene rings is 2. The van der Waals surface area contributed by atoms with Crippen LogP contribution in [0, 0.1) is 0 Å². The van der Waals surface area contributed by atoms with Gasteiger partial charge in [0.05, 0.1) is 7.11 Å². The molecule has 1 atom stereocenters. The van der Waals surface area contributed by atoms with Crippen LogP contribution < -0.4 is 10.5 Å². The minimum absolute atomic E-state index is 0.561. The zero-order valence-corrected chi connectivity index (χ0v) is 13.5. The Kier molecular flexibility index (Phi) is 6.00. The van der Waals surface area contributed by atoms with Gasteiger partial charge in [-0.2, -0.15) is 11.8 Å². The van der Waals surface area contributed by atoms with Crippen LogP contribution in [0.2, 0.25) is 0 Å². The number of anilines is 1. The molecule has 2 rings (SSSR count). The maximum Gasteiger partial charge on any atom is 0.122 e. The molecule has 3 heteroatoms. The first-order valence-corrected chi connectivity index (χ1v) is 8.32. The Hall–Kier alpha value is -1.61. The first kappa shape index (κ1) is 15.8. The number of nitrogen functional groups attached to an aromatic ring is 1. The molecule has 0 fully saturated rings. The fourth-order valence-electron chi connectivity index (χ4n) is 2.37. The summed E-state index contributed by atoms with van der Waals surface area (Å²) in [5.74, 6) is 2.07. The van der Waals surface area contributed by atoms with Crippen LogP contribution in [0.4, 0.5) is 5.69 Å². The molecule has 112 valence electrons. The van der Waals surface area contributed by atoms with E-state index in [1.54, 1.807) is 7.11 Å². The van der Waals surface area contributed by atoms with E-state index in [2.05, 4.69) is 31.2 Å². The van der Waals surface area contributed by atoms with Gasteiger partial charge < -0.3 is 10.5 Å². The number of para-hydroxylation sites is 2. The van der Waals surface area contributed by atoms with Gasteiger partial charge in [-0.1, -0.05) is 43.3 Å². The molecule has 0 heterocycles. The number of hydrogen-bond donors (Lipinski definition) is 1. The molecule has 2 nitrogen and oxygen atoms in total. The molecule has 0 aliphatic heterocycles. The van der Waals surface area contributed by atoms with E-state index in [0.29, 0.717) is 5.25 Å². The number of ether oxygens (including phenoxy) is 1. The van der Waals surface area contributed by atoms with Crippen molar-refractivity contribution in [2.24, 2.45) is 0 Å². The second-order valence-corrected chi connectivity index (χ2v) is 6.69. The van der Waals surface area contributed by atoms with Crippen LogP contribution in [0.15, 0.2) is 48.5 Å². The predicted molar refractivity (Wildman–Crippen MR) is 93.2 cm³/mol. The van der Waals surface area contributed by atoms with Gasteiger partial charge in [-0.15, -0.1) is 0 Å². The third-order valence-electron chi connectivity index (χ3n) is 3.53. The number of nitrogens with two attached hydrogens (primary N) is 1. The lowest BCUT2D eigenvalue weighted by atomic mass is 10.1. The van der Waals surface area contributed by atoms with E-state index in [1.165, 1.54) is 11.1 Å². The predicted octanol–water partition coefficient (Wildman–Crippen LogP) is 4.18. The van der Waals surface area contributed by atoms with E-state index >= 15 is 0 Å². The zero-order valence-electron chi connectivity index (χ0n) is 12.7. The number of aryl methyl sites for hydroxylation is 1. The molecule has 1 unspecified atom stereocenters. The minimum Gasteiger partial charge on any atom is -0.496 e. The standard InChI is InChI=1S/C18H23NOS/c1-14(13-16-8-4-6-10-18(16)20-2)21-12-11-15-7-3-5-9-17(15)19/h3-10,14H,11-13,19H2,1-2H3. The van der Waals surface area contributed by atoms with Crippen LogP contribution in [0.25, 0.3) is 0 Å². The molecule has 0 saturated carbocycles. The van der Waals surface area contributed by atoms with Gasteiger partial charge in [-0.3, -0.25) is 0 Å². The van der Waals surface area contributed by atoms with Gasteiger partial charge in [0, 0.05) is 10.9 Å². The first-order chi connectivity index (χ1) is 10.2. The van der Waals surface area contributed by atoms with Crippen molar-refractivity contribution in [1.29, 1.82) is 0 Å². The van der Waals surface area contributed by atoms with Crippen LogP contribution in [0.1, 0.15) is 18.1 Å². The molecule has 0 saturated heterocycles. The summed E-state index contributed by atoms with van der Waals surface area (Å²) in [6.07, 6.45) is 2.05. The fraction of sp³-hybridized carbons (Fsp3) is 0.333. The van der Waals surface area contributed by atoms with Crippen LogP contribution in [-0.4, -0.2) is 18.1 Å². The maximum absolute atomic E-state index is 5.97. The van der Waals surface area contributed by atoms with Gasteiger partial charge in [0.2, 0.25) is 0 Å². The Bertz CT molecular complexity index is 571.